The van der Waals surface area contributed by atoms with Gasteiger partial charge in [-0.05, 0) is 30.9 Å². The lowest BCUT2D eigenvalue weighted by atomic mass is 9.68. The van der Waals surface area contributed by atoms with Crippen LogP contribution in [0.3, 0.4) is 0 Å². The number of barbiturate groups is 1. The SMILES string of the molecule is CCCN1C(=O)NC(=O)[C@]2(Cc3cc([N+](=O)[O-])ccc3N3CCC[C@@H]32)C1=O. The largest absolute Gasteiger partial charge is 0.367 e. The van der Waals surface area contributed by atoms with Crippen molar-refractivity contribution < 1.29 is 19.3 Å². The number of anilines is 1. The third-order valence-electron chi connectivity index (χ3n) is 5.82. The molecule has 142 valence electrons. The third kappa shape index (κ3) is 2.34. The second-order valence-electron chi connectivity index (χ2n) is 7.29. The third-order valence-corrected chi connectivity index (χ3v) is 5.82. The summed E-state index contributed by atoms with van der Waals surface area (Å²) in [5, 5.41) is 13.5. The van der Waals surface area contributed by atoms with Gasteiger partial charge in [0.25, 0.3) is 5.69 Å². The van der Waals surface area contributed by atoms with Crippen molar-refractivity contribution in [1.82, 2.24) is 10.2 Å². The Morgan fingerprint density at radius 3 is 2.81 bits per heavy atom. The number of urea groups is 1. The summed E-state index contributed by atoms with van der Waals surface area (Å²) in [6, 6.07) is 3.53. The molecule has 4 rings (SSSR count). The van der Waals surface area contributed by atoms with Gasteiger partial charge in [0.1, 0.15) is 0 Å². The average Bonchev–Trinajstić information content (AvgIpc) is 3.13. The number of imide groups is 2. The summed E-state index contributed by atoms with van der Waals surface area (Å²) in [7, 11) is 0. The molecule has 3 heterocycles. The average molecular weight is 372 g/mol. The van der Waals surface area contributed by atoms with Crippen LogP contribution in [0.5, 0.6) is 0 Å². The zero-order valence-corrected chi connectivity index (χ0v) is 14.9. The van der Waals surface area contributed by atoms with E-state index in [1.54, 1.807) is 6.07 Å². The van der Waals surface area contributed by atoms with Crippen LogP contribution >= 0.6 is 0 Å². The van der Waals surface area contributed by atoms with E-state index < -0.39 is 28.2 Å². The molecule has 2 fully saturated rings. The van der Waals surface area contributed by atoms with Crippen molar-refractivity contribution >= 4 is 29.2 Å². The van der Waals surface area contributed by atoms with Gasteiger partial charge >= 0.3 is 6.03 Å². The first-order valence-electron chi connectivity index (χ1n) is 9.11. The number of hydrogen-bond donors (Lipinski definition) is 1. The van der Waals surface area contributed by atoms with E-state index in [1.807, 2.05) is 11.8 Å². The molecular weight excluding hydrogens is 352 g/mol. The Bertz CT molecular complexity index is 869. The van der Waals surface area contributed by atoms with Gasteiger partial charge in [-0.25, -0.2) is 4.79 Å². The van der Waals surface area contributed by atoms with Crippen LogP contribution in [0, 0.1) is 15.5 Å². The molecule has 2 saturated heterocycles. The van der Waals surface area contributed by atoms with Gasteiger partial charge in [0.2, 0.25) is 11.8 Å². The van der Waals surface area contributed by atoms with Gasteiger partial charge < -0.3 is 4.90 Å². The molecule has 1 aromatic rings. The van der Waals surface area contributed by atoms with Gasteiger partial charge in [-0.2, -0.15) is 0 Å². The lowest BCUT2D eigenvalue weighted by Crippen LogP contribution is -2.71. The van der Waals surface area contributed by atoms with Gasteiger partial charge in [0, 0.05) is 37.3 Å². The normalized spacial score (nSPS) is 26.9. The Morgan fingerprint density at radius 2 is 2.11 bits per heavy atom. The molecule has 4 amide bonds. The maximum absolute atomic E-state index is 13.4. The first-order chi connectivity index (χ1) is 12.9. The molecule has 0 unspecified atom stereocenters. The van der Waals surface area contributed by atoms with E-state index in [0.29, 0.717) is 24.9 Å². The summed E-state index contributed by atoms with van der Waals surface area (Å²) in [5.41, 5.74) is -0.0847. The van der Waals surface area contributed by atoms with Crippen LogP contribution < -0.4 is 10.2 Å². The minimum Gasteiger partial charge on any atom is -0.367 e. The number of hydrogen-bond acceptors (Lipinski definition) is 6. The van der Waals surface area contributed by atoms with Gasteiger partial charge in [0.05, 0.1) is 11.0 Å². The quantitative estimate of drug-likeness (QED) is 0.490. The molecule has 27 heavy (non-hydrogen) atoms. The lowest BCUT2D eigenvalue weighted by molar-refractivity contribution is -0.384. The smallest absolute Gasteiger partial charge is 0.330 e. The van der Waals surface area contributed by atoms with Crippen LogP contribution in [0.15, 0.2) is 18.2 Å². The van der Waals surface area contributed by atoms with Crippen molar-refractivity contribution in [3.63, 3.8) is 0 Å². The summed E-state index contributed by atoms with van der Waals surface area (Å²) in [6.07, 6.45) is 2.11. The van der Waals surface area contributed by atoms with E-state index in [-0.39, 0.29) is 24.7 Å². The molecule has 0 aliphatic carbocycles. The van der Waals surface area contributed by atoms with E-state index in [0.717, 1.165) is 17.0 Å². The molecule has 9 heteroatoms. The second kappa shape index (κ2) is 6.04. The second-order valence-corrected chi connectivity index (χ2v) is 7.29. The van der Waals surface area contributed by atoms with E-state index in [9.17, 15) is 24.5 Å². The molecule has 0 bridgehead atoms. The molecule has 1 aromatic carbocycles. The number of rotatable bonds is 3. The molecule has 0 aromatic heterocycles. The first kappa shape index (κ1) is 17.4. The maximum Gasteiger partial charge on any atom is 0.330 e. The molecule has 0 saturated carbocycles. The fourth-order valence-electron chi connectivity index (χ4n) is 4.68. The lowest BCUT2D eigenvalue weighted by Gasteiger charge is -2.49. The molecule has 3 aliphatic heterocycles. The Hall–Kier alpha value is -2.97. The fourth-order valence-corrected chi connectivity index (χ4v) is 4.68. The molecular formula is C18H20N4O5. The fraction of sp³-hybridized carbons (Fsp3) is 0.500. The number of nitro benzene ring substituents is 1. The number of fused-ring (bicyclic) bond motifs is 4. The Balaban J connectivity index is 1.86. The van der Waals surface area contributed by atoms with E-state index in [2.05, 4.69) is 5.32 Å². The topological polar surface area (TPSA) is 113 Å². The number of nitrogens with zero attached hydrogens (tertiary/aromatic N) is 3. The Kier molecular flexibility index (Phi) is 3.90. The number of nitro groups is 1. The highest BCUT2D eigenvalue weighted by molar-refractivity contribution is 6.20. The van der Waals surface area contributed by atoms with E-state index >= 15 is 0 Å². The van der Waals surface area contributed by atoms with Crippen molar-refractivity contribution in [1.29, 1.82) is 0 Å². The van der Waals surface area contributed by atoms with Gasteiger partial charge in [-0.3, -0.25) is 29.9 Å². The van der Waals surface area contributed by atoms with Crippen LogP contribution in [-0.4, -0.2) is 46.8 Å². The molecule has 0 radical (unpaired) electrons. The highest BCUT2D eigenvalue weighted by Crippen LogP contribution is 2.48. The standard InChI is InChI=1S/C18H20N4O5/c1-2-7-21-16(24)18(15(23)19-17(21)25)10-11-9-12(22(26)27)5-6-13(11)20-8-3-4-14(18)20/h5-6,9,14H,2-4,7-8,10H2,1H3,(H,19,23,25)/t14-,18-/m1/s1. The minimum absolute atomic E-state index is 0.0589. The monoisotopic (exact) mass is 372 g/mol. The Labute approximate surface area is 155 Å². The van der Waals surface area contributed by atoms with Gasteiger partial charge in [0.15, 0.2) is 5.41 Å². The summed E-state index contributed by atoms with van der Waals surface area (Å²) >= 11 is 0. The number of benzene rings is 1. The van der Waals surface area contributed by atoms with E-state index in [1.165, 1.54) is 12.1 Å². The van der Waals surface area contributed by atoms with Crippen LogP contribution in [0.1, 0.15) is 31.7 Å². The summed E-state index contributed by atoms with van der Waals surface area (Å²) in [4.78, 5) is 52.3. The predicted octanol–water partition coefficient (Wildman–Crippen LogP) is 1.59. The maximum atomic E-state index is 13.4. The number of nitrogens with one attached hydrogen (secondary N) is 1. The van der Waals surface area contributed by atoms with Crippen molar-refractivity contribution in [2.45, 2.75) is 38.6 Å². The number of carbonyl (C=O) groups excluding carboxylic acids is 3. The van der Waals surface area contributed by atoms with Crippen LogP contribution in [-0.2, 0) is 16.0 Å². The predicted molar refractivity (Wildman–Crippen MR) is 95.1 cm³/mol. The molecule has 1 spiro atoms. The summed E-state index contributed by atoms with van der Waals surface area (Å²) in [5.74, 6) is -1.09. The van der Waals surface area contributed by atoms with Gasteiger partial charge in [-0.15, -0.1) is 0 Å². The Morgan fingerprint density at radius 1 is 1.33 bits per heavy atom. The summed E-state index contributed by atoms with van der Waals surface area (Å²) < 4.78 is 0. The van der Waals surface area contributed by atoms with Crippen LogP contribution in [0.2, 0.25) is 0 Å². The van der Waals surface area contributed by atoms with Crippen LogP contribution in [0.4, 0.5) is 16.2 Å². The van der Waals surface area contributed by atoms with Crippen molar-refractivity contribution in [3.8, 4) is 0 Å². The zero-order chi connectivity index (χ0) is 19.3. The molecule has 3 aliphatic rings. The highest BCUT2D eigenvalue weighted by atomic mass is 16.6. The minimum atomic E-state index is -1.43. The molecule has 9 nitrogen and oxygen atoms in total. The van der Waals surface area contributed by atoms with Crippen molar-refractivity contribution in [2.75, 3.05) is 18.0 Å². The van der Waals surface area contributed by atoms with Gasteiger partial charge in [-0.1, -0.05) is 6.92 Å². The van der Waals surface area contributed by atoms with Crippen molar-refractivity contribution in [2.24, 2.45) is 5.41 Å². The molecule has 1 N–H and O–H groups in total. The number of non-ortho nitro benzene ring substituents is 1. The molecule has 2 atom stereocenters. The number of carbonyl (C=O) groups is 3. The summed E-state index contributed by atoms with van der Waals surface area (Å²) in [6.45, 7) is 2.75. The zero-order valence-electron chi connectivity index (χ0n) is 14.9. The first-order valence-corrected chi connectivity index (χ1v) is 9.11. The van der Waals surface area contributed by atoms with Crippen molar-refractivity contribution in [3.05, 3.63) is 33.9 Å². The van der Waals surface area contributed by atoms with E-state index in [4.69, 9.17) is 0 Å². The highest BCUT2D eigenvalue weighted by Gasteiger charge is 2.62. The van der Waals surface area contributed by atoms with Crippen LogP contribution in [0.25, 0.3) is 0 Å². The number of amides is 4.